The van der Waals surface area contributed by atoms with Crippen LogP contribution in [-0.4, -0.2) is 37.9 Å². The maximum Gasteiger partial charge on any atom is 0.457 e. The molecule has 2 rings (SSSR count). The average molecular weight is 325 g/mol. The highest BCUT2D eigenvalue weighted by atomic mass is 16.7. The second-order valence-corrected chi connectivity index (χ2v) is 8.06. The molecule has 0 unspecified atom stereocenters. The van der Waals surface area contributed by atoms with Crippen LogP contribution in [0.3, 0.4) is 0 Å². The Hall–Kier alpha value is -0.585. The lowest BCUT2D eigenvalue weighted by Gasteiger charge is -2.32. The van der Waals surface area contributed by atoms with Crippen molar-refractivity contribution in [3.8, 4) is 0 Å². The van der Waals surface area contributed by atoms with Crippen LogP contribution in [0.1, 0.15) is 59.8 Å². The fraction of sp³-hybridized carbons (Fsp3) is 0.941. The standard InChI is InChI=1S/C17H32BNO4/c1-15(2)16(3,4)23-18(22-15)11-7-9-13-8-6-10-17(13,12-19)14(20)21-5/h13H,6-12,19H2,1-5H3/t13-,17+/m0/s1. The number of carbonyl (C=O) groups excluding carboxylic acids is 1. The molecule has 132 valence electrons. The second kappa shape index (κ2) is 6.73. The van der Waals surface area contributed by atoms with Crippen molar-refractivity contribution >= 4 is 13.1 Å². The monoisotopic (exact) mass is 325 g/mol. The number of carbonyl (C=O) groups is 1. The molecule has 2 atom stereocenters. The molecule has 2 aliphatic rings. The highest BCUT2D eigenvalue weighted by molar-refractivity contribution is 6.45. The van der Waals surface area contributed by atoms with Gasteiger partial charge in [0.25, 0.3) is 0 Å². The van der Waals surface area contributed by atoms with Crippen molar-refractivity contribution in [2.45, 2.75) is 77.3 Å². The fourth-order valence-corrected chi connectivity index (χ4v) is 4.00. The van der Waals surface area contributed by atoms with Crippen LogP contribution in [0.2, 0.25) is 6.32 Å². The van der Waals surface area contributed by atoms with Gasteiger partial charge in [0, 0.05) is 6.54 Å². The zero-order valence-corrected chi connectivity index (χ0v) is 15.3. The van der Waals surface area contributed by atoms with Crippen LogP contribution in [-0.2, 0) is 18.8 Å². The zero-order chi connectivity index (χ0) is 17.3. The number of esters is 1. The lowest BCUT2D eigenvalue weighted by Crippen LogP contribution is -2.42. The zero-order valence-electron chi connectivity index (χ0n) is 15.3. The van der Waals surface area contributed by atoms with Gasteiger partial charge in [0.2, 0.25) is 0 Å². The second-order valence-electron chi connectivity index (χ2n) is 8.06. The molecule has 0 aromatic heterocycles. The minimum absolute atomic E-state index is 0.141. The minimum Gasteiger partial charge on any atom is -0.469 e. The topological polar surface area (TPSA) is 70.8 Å². The van der Waals surface area contributed by atoms with Gasteiger partial charge < -0.3 is 19.8 Å². The van der Waals surface area contributed by atoms with Crippen molar-refractivity contribution in [3.05, 3.63) is 0 Å². The van der Waals surface area contributed by atoms with Gasteiger partial charge >= 0.3 is 13.1 Å². The van der Waals surface area contributed by atoms with E-state index in [2.05, 4.69) is 27.7 Å². The predicted octanol–water partition coefficient (Wildman–Crippen LogP) is 2.78. The van der Waals surface area contributed by atoms with E-state index >= 15 is 0 Å². The van der Waals surface area contributed by atoms with E-state index in [0.29, 0.717) is 12.5 Å². The summed E-state index contributed by atoms with van der Waals surface area (Å²) in [5.74, 6) is 0.167. The number of rotatable bonds is 6. The molecule has 1 saturated carbocycles. The normalized spacial score (nSPS) is 32.3. The van der Waals surface area contributed by atoms with Crippen LogP contribution in [0, 0.1) is 11.3 Å². The lowest BCUT2D eigenvalue weighted by atomic mass is 9.73. The third kappa shape index (κ3) is 3.44. The van der Waals surface area contributed by atoms with E-state index in [9.17, 15) is 4.79 Å². The van der Waals surface area contributed by atoms with Crippen molar-refractivity contribution in [2.75, 3.05) is 13.7 Å². The Morgan fingerprint density at radius 2 is 1.87 bits per heavy atom. The first kappa shape index (κ1) is 18.7. The largest absolute Gasteiger partial charge is 0.469 e. The Balaban J connectivity index is 1.88. The molecule has 0 radical (unpaired) electrons. The number of ether oxygens (including phenoxy) is 1. The quantitative estimate of drug-likeness (QED) is 0.601. The molecule has 0 spiro atoms. The Morgan fingerprint density at radius 1 is 1.26 bits per heavy atom. The van der Waals surface area contributed by atoms with Crippen molar-refractivity contribution in [1.29, 1.82) is 0 Å². The number of hydrogen-bond acceptors (Lipinski definition) is 5. The maximum atomic E-state index is 12.2. The summed E-state index contributed by atoms with van der Waals surface area (Å²) in [5, 5.41) is 0. The molecule has 1 saturated heterocycles. The predicted molar refractivity (Wildman–Crippen MR) is 91.0 cm³/mol. The van der Waals surface area contributed by atoms with E-state index < -0.39 is 5.41 Å². The van der Waals surface area contributed by atoms with Crippen LogP contribution in [0.15, 0.2) is 0 Å². The Morgan fingerprint density at radius 3 is 2.39 bits per heavy atom. The van der Waals surface area contributed by atoms with Crippen LogP contribution in [0.4, 0.5) is 0 Å². The number of hydrogen-bond donors (Lipinski definition) is 1. The van der Waals surface area contributed by atoms with Gasteiger partial charge in [-0.2, -0.15) is 0 Å². The smallest absolute Gasteiger partial charge is 0.457 e. The van der Waals surface area contributed by atoms with Gasteiger partial charge in [-0.1, -0.05) is 12.8 Å². The molecule has 6 heteroatoms. The molecular weight excluding hydrogens is 293 g/mol. The van der Waals surface area contributed by atoms with Crippen molar-refractivity contribution in [1.82, 2.24) is 0 Å². The lowest BCUT2D eigenvalue weighted by molar-refractivity contribution is -0.154. The molecule has 23 heavy (non-hydrogen) atoms. The fourth-order valence-electron chi connectivity index (χ4n) is 4.00. The summed E-state index contributed by atoms with van der Waals surface area (Å²) in [6.45, 7) is 8.66. The summed E-state index contributed by atoms with van der Waals surface area (Å²) < 4.78 is 17.1. The van der Waals surface area contributed by atoms with Crippen molar-refractivity contribution in [2.24, 2.45) is 17.1 Å². The van der Waals surface area contributed by atoms with E-state index in [-0.39, 0.29) is 24.3 Å². The number of nitrogens with two attached hydrogens (primary N) is 1. The summed E-state index contributed by atoms with van der Waals surface area (Å²) >= 11 is 0. The molecule has 5 nitrogen and oxygen atoms in total. The Kier molecular flexibility index (Phi) is 5.49. The van der Waals surface area contributed by atoms with Gasteiger partial charge in [0.15, 0.2) is 0 Å². The molecule has 1 aliphatic heterocycles. The van der Waals surface area contributed by atoms with Gasteiger partial charge in [-0.15, -0.1) is 0 Å². The van der Waals surface area contributed by atoms with E-state index in [1.165, 1.54) is 7.11 Å². The summed E-state index contributed by atoms with van der Waals surface area (Å²) in [6, 6.07) is 0. The maximum absolute atomic E-state index is 12.2. The van der Waals surface area contributed by atoms with E-state index in [1.807, 2.05) is 0 Å². The summed E-state index contributed by atoms with van der Waals surface area (Å²) in [5.41, 5.74) is 4.91. The SMILES string of the molecule is COC(=O)[C@@]1(CN)CCC[C@H]1CCCB1OC(C)(C)C(C)(C)O1. The van der Waals surface area contributed by atoms with Crippen molar-refractivity contribution in [3.63, 3.8) is 0 Å². The van der Waals surface area contributed by atoms with E-state index in [0.717, 1.165) is 38.4 Å². The highest BCUT2D eigenvalue weighted by Gasteiger charge is 2.51. The molecule has 0 aromatic carbocycles. The summed E-state index contributed by atoms with van der Waals surface area (Å²) in [4.78, 5) is 12.2. The molecule has 0 bridgehead atoms. The molecule has 2 N–H and O–H groups in total. The van der Waals surface area contributed by atoms with Crippen LogP contribution < -0.4 is 5.73 Å². The van der Waals surface area contributed by atoms with E-state index in [1.54, 1.807) is 0 Å². The minimum atomic E-state index is -0.481. The van der Waals surface area contributed by atoms with Gasteiger partial charge in [-0.3, -0.25) is 4.79 Å². The molecule has 0 amide bonds. The molecule has 0 aromatic rings. The average Bonchev–Trinajstić information content (AvgIpc) is 2.97. The van der Waals surface area contributed by atoms with Crippen molar-refractivity contribution < 1.29 is 18.8 Å². The van der Waals surface area contributed by atoms with Gasteiger partial charge in [0.05, 0.1) is 23.7 Å². The highest BCUT2D eigenvalue weighted by Crippen LogP contribution is 2.46. The van der Waals surface area contributed by atoms with Crippen LogP contribution in [0.25, 0.3) is 0 Å². The van der Waals surface area contributed by atoms with Gasteiger partial charge in [0.1, 0.15) is 0 Å². The first-order chi connectivity index (χ1) is 10.7. The van der Waals surface area contributed by atoms with Crippen LogP contribution in [0.5, 0.6) is 0 Å². The molecular formula is C17H32BNO4. The molecule has 1 heterocycles. The summed E-state index contributed by atoms with van der Waals surface area (Å²) in [6.07, 6.45) is 5.74. The third-order valence-corrected chi connectivity index (χ3v) is 6.21. The summed E-state index contributed by atoms with van der Waals surface area (Å²) in [7, 11) is 1.30. The van der Waals surface area contributed by atoms with Gasteiger partial charge in [-0.25, -0.2) is 0 Å². The molecule has 1 aliphatic carbocycles. The Labute approximate surface area is 140 Å². The molecule has 2 fully saturated rings. The number of methoxy groups -OCH3 is 1. The van der Waals surface area contributed by atoms with E-state index in [4.69, 9.17) is 19.8 Å². The van der Waals surface area contributed by atoms with Gasteiger partial charge in [-0.05, 0) is 59.2 Å². The Bertz CT molecular complexity index is 424. The third-order valence-electron chi connectivity index (χ3n) is 6.21. The first-order valence-corrected chi connectivity index (χ1v) is 8.82. The first-order valence-electron chi connectivity index (χ1n) is 8.82. The van der Waals surface area contributed by atoms with Crippen LogP contribution >= 0.6 is 0 Å².